The van der Waals surface area contributed by atoms with E-state index in [4.69, 9.17) is 9.84 Å². The molecule has 2 N–H and O–H groups in total. The SMILES string of the molecule is CCc1ccc(-c2nc(CC(=O)NC(CCOC)C(=O)O)cs2)cc1. The molecule has 0 spiro atoms. The molecule has 0 bridgehead atoms. The van der Waals surface area contributed by atoms with E-state index in [0.29, 0.717) is 5.69 Å². The zero-order chi connectivity index (χ0) is 18.2. The molecule has 1 unspecified atom stereocenters. The first-order chi connectivity index (χ1) is 12.0. The number of nitrogens with zero attached hydrogens (tertiary/aromatic N) is 1. The number of benzene rings is 1. The van der Waals surface area contributed by atoms with Crippen LogP contribution in [-0.2, 0) is 27.2 Å². The molecule has 25 heavy (non-hydrogen) atoms. The Kier molecular flexibility index (Phi) is 7.09. The average molecular weight is 362 g/mol. The van der Waals surface area contributed by atoms with Gasteiger partial charge in [-0.1, -0.05) is 31.2 Å². The van der Waals surface area contributed by atoms with Crippen molar-refractivity contribution in [3.05, 3.63) is 40.9 Å². The van der Waals surface area contributed by atoms with Crippen LogP contribution in [0.4, 0.5) is 0 Å². The van der Waals surface area contributed by atoms with Gasteiger partial charge in [-0.05, 0) is 12.0 Å². The van der Waals surface area contributed by atoms with Crippen molar-refractivity contribution in [3.63, 3.8) is 0 Å². The fourth-order valence-corrected chi connectivity index (χ4v) is 3.13. The van der Waals surface area contributed by atoms with Crippen molar-refractivity contribution in [1.82, 2.24) is 10.3 Å². The van der Waals surface area contributed by atoms with E-state index in [2.05, 4.69) is 29.4 Å². The first kappa shape index (κ1) is 19.1. The van der Waals surface area contributed by atoms with Gasteiger partial charge in [-0.2, -0.15) is 0 Å². The summed E-state index contributed by atoms with van der Waals surface area (Å²) in [7, 11) is 1.49. The lowest BCUT2D eigenvalue weighted by atomic mass is 10.1. The molecule has 0 aliphatic rings. The molecule has 0 fully saturated rings. The summed E-state index contributed by atoms with van der Waals surface area (Å²) in [5, 5.41) is 14.3. The van der Waals surface area contributed by atoms with E-state index in [1.807, 2.05) is 17.5 Å². The van der Waals surface area contributed by atoms with Gasteiger partial charge in [0.05, 0.1) is 12.1 Å². The minimum absolute atomic E-state index is 0.0559. The molecule has 2 aromatic rings. The number of amides is 1. The van der Waals surface area contributed by atoms with Gasteiger partial charge in [0, 0.05) is 31.1 Å². The van der Waals surface area contributed by atoms with E-state index in [1.54, 1.807) is 0 Å². The standard InChI is InChI=1S/C18H22N2O4S/c1-3-12-4-6-13(7-5-12)17-19-14(11-25-17)10-16(21)20-15(18(22)23)8-9-24-2/h4-7,11,15H,3,8-10H2,1-2H3,(H,20,21)(H,22,23). The van der Waals surface area contributed by atoms with Crippen LogP contribution in [-0.4, -0.2) is 41.7 Å². The molecule has 6 nitrogen and oxygen atoms in total. The monoisotopic (exact) mass is 362 g/mol. The minimum atomic E-state index is -1.07. The number of carboxylic acid groups (broad SMARTS) is 1. The number of methoxy groups -OCH3 is 1. The number of ether oxygens (including phenoxy) is 1. The third kappa shape index (κ3) is 5.65. The van der Waals surface area contributed by atoms with Gasteiger partial charge in [-0.15, -0.1) is 11.3 Å². The number of rotatable bonds is 9. The molecule has 1 aromatic carbocycles. The van der Waals surface area contributed by atoms with E-state index in [9.17, 15) is 9.59 Å². The van der Waals surface area contributed by atoms with Gasteiger partial charge >= 0.3 is 5.97 Å². The number of hydrogen-bond acceptors (Lipinski definition) is 5. The van der Waals surface area contributed by atoms with Crippen molar-refractivity contribution in [1.29, 1.82) is 0 Å². The molecule has 1 aromatic heterocycles. The largest absolute Gasteiger partial charge is 0.480 e. The number of carboxylic acids is 1. The second-order valence-electron chi connectivity index (χ2n) is 5.61. The zero-order valence-electron chi connectivity index (χ0n) is 14.3. The second kappa shape index (κ2) is 9.29. The van der Waals surface area contributed by atoms with E-state index in [0.717, 1.165) is 17.0 Å². The van der Waals surface area contributed by atoms with Crippen molar-refractivity contribution in [2.75, 3.05) is 13.7 Å². The third-order valence-electron chi connectivity index (χ3n) is 3.75. The lowest BCUT2D eigenvalue weighted by Gasteiger charge is -2.13. The Bertz CT molecular complexity index is 712. The highest BCUT2D eigenvalue weighted by Gasteiger charge is 2.20. The van der Waals surface area contributed by atoms with Crippen LogP contribution in [0.5, 0.6) is 0 Å². The van der Waals surface area contributed by atoms with Gasteiger partial charge in [0.2, 0.25) is 5.91 Å². The predicted molar refractivity (Wildman–Crippen MR) is 96.7 cm³/mol. The lowest BCUT2D eigenvalue weighted by Crippen LogP contribution is -2.42. The topological polar surface area (TPSA) is 88.5 Å². The van der Waals surface area contributed by atoms with Crippen molar-refractivity contribution < 1.29 is 19.4 Å². The summed E-state index contributed by atoms with van der Waals surface area (Å²) in [6, 6.07) is 7.22. The third-order valence-corrected chi connectivity index (χ3v) is 4.69. The molecule has 0 saturated heterocycles. The summed E-state index contributed by atoms with van der Waals surface area (Å²) in [4.78, 5) is 27.7. The summed E-state index contributed by atoms with van der Waals surface area (Å²) in [5.74, 6) is -1.43. The number of nitrogens with one attached hydrogen (secondary N) is 1. The van der Waals surface area contributed by atoms with Gasteiger partial charge in [-0.3, -0.25) is 4.79 Å². The summed E-state index contributed by atoms with van der Waals surface area (Å²) in [6.45, 7) is 2.37. The molecule has 1 heterocycles. The van der Waals surface area contributed by atoms with E-state index in [-0.39, 0.29) is 25.4 Å². The van der Waals surface area contributed by atoms with Crippen LogP contribution < -0.4 is 5.32 Å². The lowest BCUT2D eigenvalue weighted by molar-refractivity contribution is -0.142. The Labute approximate surface area is 150 Å². The molecule has 0 radical (unpaired) electrons. The maximum Gasteiger partial charge on any atom is 0.326 e. The first-order valence-electron chi connectivity index (χ1n) is 8.08. The number of aliphatic carboxylic acids is 1. The van der Waals surface area contributed by atoms with Crippen LogP contribution in [0.3, 0.4) is 0 Å². The van der Waals surface area contributed by atoms with E-state index in [1.165, 1.54) is 24.0 Å². The summed E-state index contributed by atoms with van der Waals surface area (Å²) in [6.07, 6.45) is 1.27. The second-order valence-corrected chi connectivity index (χ2v) is 6.47. The highest BCUT2D eigenvalue weighted by molar-refractivity contribution is 7.13. The van der Waals surface area contributed by atoms with Gasteiger partial charge in [0.25, 0.3) is 0 Å². The summed E-state index contributed by atoms with van der Waals surface area (Å²) >= 11 is 1.47. The Morgan fingerprint density at radius 2 is 2.04 bits per heavy atom. The van der Waals surface area contributed by atoms with Gasteiger partial charge in [-0.25, -0.2) is 9.78 Å². The molecule has 0 aliphatic carbocycles. The molecule has 7 heteroatoms. The van der Waals surface area contributed by atoms with Crippen LogP contribution >= 0.6 is 11.3 Å². The van der Waals surface area contributed by atoms with Crippen LogP contribution in [0.15, 0.2) is 29.6 Å². The first-order valence-corrected chi connectivity index (χ1v) is 8.96. The maximum atomic E-state index is 12.1. The number of carbonyl (C=O) groups is 2. The fourth-order valence-electron chi connectivity index (χ4n) is 2.31. The van der Waals surface area contributed by atoms with Crippen LogP contribution in [0, 0.1) is 0 Å². The minimum Gasteiger partial charge on any atom is -0.480 e. The smallest absolute Gasteiger partial charge is 0.326 e. The summed E-state index contributed by atoms with van der Waals surface area (Å²) < 4.78 is 4.87. The van der Waals surface area contributed by atoms with Crippen molar-refractivity contribution in [2.24, 2.45) is 0 Å². The van der Waals surface area contributed by atoms with Crippen molar-refractivity contribution in [2.45, 2.75) is 32.2 Å². The average Bonchev–Trinajstić information content (AvgIpc) is 3.06. The molecular formula is C18H22N2O4S. The highest BCUT2D eigenvalue weighted by Crippen LogP contribution is 2.24. The predicted octanol–water partition coefficient (Wildman–Crippen LogP) is 2.52. The van der Waals surface area contributed by atoms with Crippen molar-refractivity contribution in [3.8, 4) is 10.6 Å². The molecule has 1 amide bonds. The van der Waals surface area contributed by atoms with Crippen LogP contribution in [0.2, 0.25) is 0 Å². The molecule has 0 aliphatic heterocycles. The Morgan fingerprint density at radius 1 is 1.32 bits per heavy atom. The zero-order valence-corrected chi connectivity index (χ0v) is 15.1. The molecule has 2 rings (SSSR count). The van der Waals surface area contributed by atoms with Gasteiger partial charge in [0.1, 0.15) is 11.0 Å². The van der Waals surface area contributed by atoms with Gasteiger partial charge in [0.15, 0.2) is 0 Å². The summed E-state index contributed by atoms with van der Waals surface area (Å²) in [5.41, 5.74) is 2.90. The van der Waals surface area contributed by atoms with Gasteiger partial charge < -0.3 is 15.2 Å². The Hall–Kier alpha value is -2.25. The Morgan fingerprint density at radius 3 is 2.64 bits per heavy atom. The normalized spacial score (nSPS) is 11.9. The van der Waals surface area contributed by atoms with Crippen molar-refractivity contribution >= 4 is 23.2 Å². The van der Waals surface area contributed by atoms with E-state index < -0.39 is 12.0 Å². The number of thiazole rings is 1. The van der Waals surface area contributed by atoms with Crippen LogP contribution in [0.25, 0.3) is 10.6 Å². The number of hydrogen-bond donors (Lipinski definition) is 2. The fraction of sp³-hybridized carbons (Fsp3) is 0.389. The highest BCUT2D eigenvalue weighted by atomic mass is 32.1. The van der Waals surface area contributed by atoms with E-state index >= 15 is 0 Å². The molecular weight excluding hydrogens is 340 g/mol. The number of aromatic nitrogens is 1. The number of carbonyl (C=O) groups excluding carboxylic acids is 1. The van der Waals surface area contributed by atoms with Crippen LogP contribution in [0.1, 0.15) is 24.6 Å². The molecule has 0 saturated carbocycles. The number of aryl methyl sites for hydroxylation is 1. The molecule has 134 valence electrons. The Balaban J connectivity index is 1.97. The molecule has 1 atom stereocenters. The quantitative estimate of drug-likeness (QED) is 0.716. The maximum absolute atomic E-state index is 12.1.